The van der Waals surface area contributed by atoms with Crippen LogP contribution in [-0.2, 0) is 9.59 Å². The van der Waals surface area contributed by atoms with Crippen LogP contribution >= 0.6 is 0 Å². The highest BCUT2D eigenvalue weighted by atomic mass is 16.5. The van der Waals surface area contributed by atoms with Gasteiger partial charge >= 0.3 is 11.9 Å². The summed E-state index contributed by atoms with van der Waals surface area (Å²) >= 11 is 0. The van der Waals surface area contributed by atoms with Crippen LogP contribution in [0.1, 0.15) is 6.92 Å². The van der Waals surface area contributed by atoms with E-state index in [2.05, 4.69) is 0 Å². The van der Waals surface area contributed by atoms with Crippen molar-refractivity contribution in [1.82, 2.24) is 0 Å². The fourth-order valence-corrected chi connectivity index (χ4v) is 1.61. The topological polar surface area (TPSA) is 93.1 Å². The summed E-state index contributed by atoms with van der Waals surface area (Å²) in [5, 5.41) is 17.9. The van der Waals surface area contributed by atoms with Crippen LogP contribution in [0.5, 0.6) is 23.0 Å². The number of phenolic OH excluding ortho intramolecular Hbond substituents is 1. The van der Waals surface area contributed by atoms with Crippen molar-refractivity contribution in [2.24, 2.45) is 0 Å². The van der Waals surface area contributed by atoms with Crippen LogP contribution in [0.2, 0.25) is 0 Å². The Bertz CT molecular complexity index is 729. The molecule has 0 aliphatic heterocycles. The fourth-order valence-electron chi connectivity index (χ4n) is 1.61. The van der Waals surface area contributed by atoms with Crippen molar-refractivity contribution in [2.75, 3.05) is 0 Å². The number of benzene rings is 2. The molecule has 0 aromatic heterocycles. The van der Waals surface area contributed by atoms with E-state index in [0.717, 1.165) is 6.08 Å². The van der Waals surface area contributed by atoms with Crippen LogP contribution in [0.3, 0.4) is 0 Å². The Labute approximate surface area is 132 Å². The lowest BCUT2D eigenvalue weighted by Crippen LogP contribution is -2.07. The Morgan fingerprint density at radius 3 is 1.91 bits per heavy atom. The maximum atomic E-state index is 11.5. The number of rotatable bonds is 5. The van der Waals surface area contributed by atoms with Crippen LogP contribution in [0.4, 0.5) is 0 Å². The minimum absolute atomic E-state index is 0.109. The second-order valence-electron chi connectivity index (χ2n) is 4.62. The normalized spacial score (nSPS) is 10.9. The predicted octanol–water partition coefficient (Wildman–Crippen LogP) is 3.12. The van der Waals surface area contributed by atoms with E-state index in [9.17, 15) is 14.7 Å². The standard InChI is InChI=1S/C17H14O6/c1-11(17(20)21)10-16(19)23-15-8-6-14(7-9-15)22-13-4-2-12(18)3-5-13/h2-10,18H,1H3,(H,20,21)/b11-10-. The number of carboxylic acids is 1. The first kappa shape index (κ1) is 16.1. The molecular formula is C17H14O6. The largest absolute Gasteiger partial charge is 0.508 e. The molecule has 2 aromatic rings. The number of carbonyl (C=O) groups is 2. The summed E-state index contributed by atoms with van der Waals surface area (Å²) in [4.78, 5) is 22.1. The second-order valence-corrected chi connectivity index (χ2v) is 4.62. The SMILES string of the molecule is C/C(=C/C(=O)Oc1ccc(Oc2ccc(O)cc2)cc1)C(=O)O. The van der Waals surface area contributed by atoms with Gasteiger partial charge in [0.05, 0.1) is 0 Å². The van der Waals surface area contributed by atoms with E-state index in [-0.39, 0.29) is 17.1 Å². The Morgan fingerprint density at radius 1 is 0.913 bits per heavy atom. The van der Waals surface area contributed by atoms with Crippen molar-refractivity contribution in [3.8, 4) is 23.0 Å². The summed E-state index contributed by atoms with van der Waals surface area (Å²) in [6.07, 6.45) is 0.906. The lowest BCUT2D eigenvalue weighted by Gasteiger charge is -2.07. The summed E-state index contributed by atoms with van der Waals surface area (Å²) < 4.78 is 10.5. The van der Waals surface area contributed by atoms with E-state index in [1.165, 1.54) is 31.2 Å². The van der Waals surface area contributed by atoms with Crippen molar-refractivity contribution in [3.05, 3.63) is 60.2 Å². The zero-order valence-electron chi connectivity index (χ0n) is 12.2. The first-order valence-electron chi connectivity index (χ1n) is 6.64. The third-order valence-electron chi connectivity index (χ3n) is 2.79. The van der Waals surface area contributed by atoms with Gasteiger partial charge in [-0.05, 0) is 55.5 Å². The van der Waals surface area contributed by atoms with Gasteiger partial charge in [-0.25, -0.2) is 9.59 Å². The second kappa shape index (κ2) is 7.13. The molecule has 0 saturated carbocycles. The molecule has 2 aromatic carbocycles. The Balaban J connectivity index is 1.99. The van der Waals surface area contributed by atoms with Gasteiger partial charge in [0.2, 0.25) is 0 Å². The van der Waals surface area contributed by atoms with E-state index in [1.54, 1.807) is 24.3 Å². The van der Waals surface area contributed by atoms with Crippen molar-refractivity contribution < 1.29 is 29.3 Å². The number of ether oxygens (including phenoxy) is 2. The summed E-state index contributed by atoms with van der Waals surface area (Å²) in [5.41, 5.74) is -0.109. The van der Waals surface area contributed by atoms with Gasteiger partial charge in [-0.1, -0.05) is 0 Å². The number of esters is 1. The van der Waals surface area contributed by atoms with Gasteiger partial charge in [-0.15, -0.1) is 0 Å². The highest BCUT2D eigenvalue weighted by Gasteiger charge is 2.07. The molecular weight excluding hydrogens is 300 g/mol. The summed E-state index contributed by atoms with van der Waals surface area (Å²) in [7, 11) is 0. The van der Waals surface area contributed by atoms with Crippen molar-refractivity contribution in [2.45, 2.75) is 6.92 Å². The quantitative estimate of drug-likeness (QED) is 0.500. The Hall–Kier alpha value is -3.28. The summed E-state index contributed by atoms with van der Waals surface area (Å²) in [6, 6.07) is 12.5. The van der Waals surface area contributed by atoms with Crippen molar-refractivity contribution in [3.63, 3.8) is 0 Å². The molecule has 0 unspecified atom stereocenters. The van der Waals surface area contributed by atoms with Crippen LogP contribution < -0.4 is 9.47 Å². The zero-order chi connectivity index (χ0) is 16.8. The fraction of sp³-hybridized carbons (Fsp3) is 0.0588. The van der Waals surface area contributed by atoms with E-state index in [4.69, 9.17) is 14.6 Å². The Kier molecular flexibility index (Phi) is 4.99. The summed E-state index contributed by atoms with van der Waals surface area (Å²) in [6.45, 7) is 1.30. The monoisotopic (exact) mass is 314 g/mol. The molecule has 23 heavy (non-hydrogen) atoms. The highest BCUT2D eigenvalue weighted by Crippen LogP contribution is 2.25. The van der Waals surface area contributed by atoms with Gasteiger partial charge in [-0.2, -0.15) is 0 Å². The lowest BCUT2D eigenvalue weighted by atomic mass is 10.3. The minimum atomic E-state index is -1.18. The Morgan fingerprint density at radius 2 is 1.39 bits per heavy atom. The van der Waals surface area contributed by atoms with Gasteiger partial charge in [0.1, 0.15) is 23.0 Å². The number of hydrogen-bond donors (Lipinski definition) is 2. The van der Waals surface area contributed by atoms with Gasteiger partial charge in [0.25, 0.3) is 0 Å². The number of aromatic hydroxyl groups is 1. The smallest absolute Gasteiger partial charge is 0.336 e. The molecule has 0 spiro atoms. The number of hydrogen-bond acceptors (Lipinski definition) is 5. The molecule has 0 saturated heterocycles. The molecule has 2 rings (SSSR count). The highest BCUT2D eigenvalue weighted by molar-refractivity contribution is 5.95. The van der Waals surface area contributed by atoms with Crippen molar-refractivity contribution >= 4 is 11.9 Å². The number of carboxylic acid groups (broad SMARTS) is 1. The van der Waals surface area contributed by atoms with Crippen LogP contribution in [0.15, 0.2) is 60.2 Å². The molecule has 118 valence electrons. The van der Waals surface area contributed by atoms with Crippen LogP contribution in [0.25, 0.3) is 0 Å². The van der Waals surface area contributed by atoms with E-state index < -0.39 is 11.9 Å². The van der Waals surface area contributed by atoms with Gasteiger partial charge in [0, 0.05) is 11.6 Å². The van der Waals surface area contributed by atoms with Crippen LogP contribution in [-0.4, -0.2) is 22.2 Å². The minimum Gasteiger partial charge on any atom is -0.508 e. The molecule has 0 aliphatic carbocycles. The van der Waals surface area contributed by atoms with Gasteiger partial charge < -0.3 is 19.7 Å². The zero-order valence-corrected chi connectivity index (χ0v) is 12.2. The third-order valence-corrected chi connectivity index (χ3v) is 2.79. The van der Waals surface area contributed by atoms with E-state index in [1.807, 2.05) is 0 Å². The van der Waals surface area contributed by atoms with E-state index in [0.29, 0.717) is 11.5 Å². The maximum absolute atomic E-state index is 11.5. The van der Waals surface area contributed by atoms with Gasteiger partial charge in [0.15, 0.2) is 0 Å². The predicted molar refractivity (Wildman–Crippen MR) is 81.7 cm³/mol. The molecule has 0 amide bonds. The lowest BCUT2D eigenvalue weighted by molar-refractivity contribution is -0.134. The average molecular weight is 314 g/mol. The molecule has 6 nitrogen and oxygen atoms in total. The third kappa shape index (κ3) is 4.89. The first-order chi connectivity index (χ1) is 10.9. The first-order valence-corrected chi connectivity index (χ1v) is 6.64. The van der Waals surface area contributed by atoms with Crippen molar-refractivity contribution in [1.29, 1.82) is 0 Å². The average Bonchev–Trinajstić information content (AvgIpc) is 2.51. The van der Waals surface area contributed by atoms with Crippen LogP contribution in [0, 0.1) is 0 Å². The number of carbonyl (C=O) groups excluding carboxylic acids is 1. The molecule has 0 fully saturated rings. The summed E-state index contributed by atoms with van der Waals surface area (Å²) in [5.74, 6) is -0.469. The van der Waals surface area contributed by atoms with Gasteiger partial charge in [-0.3, -0.25) is 0 Å². The van der Waals surface area contributed by atoms with E-state index >= 15 is 0 Å². The molecule has 0 aliphatic rings. The molecule has 0 radical (unpaired) electrons. The molecule has 0 bridgehead atoms. The maximum Gasteiger partial charge on any atom is 0.336 e. The molecule has 0 heterocycles. The molecule has 0 atom stereocenters. The number of aliphatic carboxylic acids is 1. The number of phenols is 1. The molecule has 6 heteroatoms. The molecule has 2 N–H and O–H groups in total.